The zero-order chi connectivity index (χ0) is 17.2. The molecule has 0 unspecified atom stereocenters. The lowest BCUT2D eigenvalue weighted by atomic mass is 9.93. The van der Waals surface area contributed by atoms with Crippen molar-refractivity contribution < 1.29 is 13.2 Å². The van der Waals surface area contributed by atoms with Crippen molar-refractivity contribution in [3.8, 4) is 0 Å². The van der Waals surface area contributed by atoms with Crippen LogP contribution in [0.2, 0.25) is 0 Å². The second-order valence-electron chi connectivity index (χ2n) is 6.27. The van der Waals surface area contributed by atoms with Crippen LogP contribution in [0.3, 0.4) is 0 Å². The van der Waals surface area contributed by atoms with Crippen LogP contribution in [0.15, 0.2) is 42.5 Å². The smallest absolute Gasteiger partial charge is 0.377 e. The highest BCUT2D eigenvalue weighted by Gasteiger charge is 2.33. The number of alkyl halides is 3. The van der Waals surface area contributed by atoms with Crippen LogP contribution in [0.1, 0.15) is 42.0 Å². The summed E-state index contributed by atoms with van der Waals surface area (Å²) in [6, 6.07) is 12.3. The molecule has 4 heteroatoms. The van der Waals surface area contributed by atoms with E-state index >= 15 is 0 Å². The van der Waals surface area contributed by atoms with E-state index < -0.39 is 11.7 Å². The van der Waals surface area contributed by atoms with Crippen LogP contribution < -0.4 is 4.90 Å². The summed E-state index contributed by atoms with van der Waals surface area (Å²) in [4.78, 5) is 1.92. The third-order valence-corrected chi connectivity index (χ3v) is 3.96. The lowest BCUT2D eigenvalue weighted by Gasteiger charge is -2.20. The second kappa shape index (κ2) is 6.65. The Morgan fingerprint density at radius 1 is 0.957 bits per heavy atom. The van der Waals surface area contributed by atoms with E-state index in [9.17, 15) is 13.2 Å². The number of anilines is 1. The molecule has 0 aliphatic carbocycles. The van der Waals surface area contributed by atoms with Gasteiger partial charge in [-0.15, -0.1) is 0 Å². The Morgan fingerprint density at radius 3 is 2.17 bits per heavy atom. The van der Waals surface area contributed by atoms with Gasteiger partial charge in [0.25, 0.3) is 0 Å². The van der Waals surface area contributed by atoms with Crippen LogP contribution in [-0.4, -0.2) is 14.1 Å². The molecule has 2 aromatic carbocycles. The van der Waals surface area contributed by atoms with Crippen LogP contribution >= 0.6 is 0 Å². The average molecular weight is 321 g/mol. The Labute approximate surface area is 135 Å². The van der Waals surface area contributed by atoms with Gasteiger partial charge in [-0.1, -0.05) is 44.2 Å². The van der Waals surface area contributed by atoms with Gasteiger partial charge < -0.3 is 4.90 Å². The average Bonchev–Trinajstić information content (AvgIpc) is 2.46. The molecule has 0 aliphatic rings. The first-order valence-electron chi connectivity index (χ1n) is 7.65. The Bertz CT molecular complexity index is 673. The molecule has 0 radical (unpaired) electrons. The minimum atomic E-state index is -4.34. The summed E-state index contributed by atoms with van der Waals surface area (Å²) < 4.78 is 40.3. The minimum absolute atomic E-state index is 0.0687. The van der Waals surface area contributed by atoms with Gasteiger partial charge in [0, 0.05) is 26.2 Å². The fourth-order valence-corrected chi connectivity index (χ4v) is 2.67. The molecule has 2 aromatic rings. The van der Waals surface area contributed by atoms with E-state index in [0.29, 0.717) is 11.1 Å². The van der Waals surface area contributed by atoms with E-state index in [2.05, 4.69) is 0 Å². The summed E-state index contributed by atoms with van der Waals surface area (Å²) in [5.41, 5.74) is 2.32. The summed E-state index contributed by atoms with van der Waals surface area (Å²) in [6.45, 7) is 3.80. The van der Waals surface area contributed by atoms with Crippen LogP contribution in [0.4, 0.5) is 18.9 Å². The summed E-state index contributed by atoms with van der Waals surface area (Å²) in [6.07, 6.45) is -4.07. The van der Waals surface area contributed by atoms with Gasteiger partial charge in [-0.25, -0.2) is 0 Å². The van der Waals surface area contributed by atoms with E-state index in [4.69, 9.17) is 0 Å². The molecule has 124 valence electrons. The molecular formula is C19H22F3N. The van der Waals surface area contributed by atoms with Gasteiger partial charge in [-0.05, 0) is 34.7 Å². The van der Waals surface area contributed by atoms with Crippen molar-refractivity contribution in [3.63, 3.8) is 0 Å². The summed E-state index contributed by atoms with van der Waals surface area (Å²) >= 11 is 0. The molecule has 0 heterocycles. The van der Waals surface area contributed by atoms with Crippen molar-refractivity contribution in [2.45, 2.75) is 32.4 Å². The fraction of sp³-hybridized carbons (Fsp3) is 0.368. The van der Waals surface area contributed by atoms with Gasteiger partial charge in [-0.2, -0.15) is 13.2 Å². The normalized spacial score (nSPS) is 11.8. The molecule has 0 atom stereocenters. The molecule has 0 bridgehead atoms. The van der Waals surface area contributed by atoms with Crippen molar-refractivity contribution >= 4 is 5.69 Å². The lowest BCUT2D eigenvalue weighted by Crippen LogP contribution is -2.14. The number of nitrogens with zero attached hydrogens (tertiary/aromatic N) is 1. The molecule has 0 amide bonds. The van der Waals surface area contributed by atoms with Gasteiger partial charge in [-0.3, -0.25) is 0 Å². The van der Waals surface area contributed by atoms with E-state index in [1.54, 1.807) is 12.1 Å². The largest absolute Gasteiger partial charge is 0.416 e. The third-order valence-electron chi connectivity index (χ3n) is 3.96. The number of hydrogen-bond acceptors (Lipinski definition) is 1. The molecule has 0 aromatic heterocycles. The number of hydrogen-bond donors (Lipinski definition) is 0. The zero-order valence-corrected chi connectivity index (χ0v) is 13.9. The molecule has 0 saturated heterocycles. The Balaban J connectivity index is 2.48. The topological polar surface area (TPSA) is 3.24 Å². The molecule has 0 N–H and O–H groups in total. The first kappa shape index (κ1) is 17.4. The summed E-state index contributed by atoms with van der Waals surface area (Å²) in [5.74, 6) is 0.0687. The number of para-hydroxylation sites is 1. The summed E-state index contributed by atoms with van der Waals surface area (Å²) in [5, 5.41) is 0. The van der Waals surface area contributed by atoms with E-state index in [-0.39, 0.29) is 12.3 Å². The van der Waals surface area contributed by atoms with Gasteiger partial charge >= 0.3 is 6.18 Å². The highest BCUT2D eigenvalue weighted by molar-refractivity contribution is 5.54. The first-order chi connectivity index (χ1) is 10.7. The number of rotatable bonds is 4. The molecule has 0 spiro atoms. The number of benzene rings is 2. The fourth-order valence-electron chi connectivity index (χ4n) is 2.67. The zero-order valence-electron chi connectivity index (χ0n) is 13.9. The summed E-state index contributed by atoms with van der Waals surface area (Å²) in [7, 11) is 3.79. The lowest BCUT2D eigenvalue weighted by molar-refractivity contribution is -0.138. The Hall–Kier alpha value is -1.97. The van der Waals surface area contributed by atoms with Crippen LogP contribution in [0, 0.1) is 0 Å². The quantitative estimate of drug-likeness (QED) is 0.720. The van der Waals surface area contributed by atoms with Crippen molar-refractivity contribution in [2.75, 3.05) is 19.0 Å². The highest BCUT2D eigenvalue weighted by Crippen LogP contribution is 2.36. The molecule has 23 heavy (non-hydrogen) atoms. The Kier molecular flexibility index (Phi) is 5.03. The molecule has 2 rings (SSSR count). The van der Waals surface area contributed by atoms with Crippen molar-refractivity contribution in [2.24, 2.45) is 0 Å². The number of halogens is 3. The molecule has 0 fully saturated rings. The van der Waals surface area contributed by atoms with Gasteiger partial charge in [0.05, 0.1) is 5.56 Å². The monoisotopic (exact) mass is 321 g/mol. The Morgan fingerprint density at radius 2 is 1.61 bits per heavy atom. The maximum absolute atomic E-state index is 13.4. The van der Waals surface area contributed by atoms with Crippen molar-refractivity contribution in [3.05, 3.63) is 64.7 Å². The van der Waals surface area contributed by atoms with Crippen LogP contribution in [0.25, 0.3) is 0 Å². The molecule has 1 nitrogen and oxygen atoms in total. The minimum Gasteiger partial charge on any atom is -0.377 e. The van der Waals surface area contributed by atoms with E-state index in [1.807, 2.05) is 57.1 Å². The third kappa shape index (κ3) is 4.06. The van der Waals surface area contributed by atoms with E-state index in [0.717, 1.165) is 11.3 Å². The van der Waals surface area contributed by atoms with Crippen LogP contribution in [0.5, 0.6) is 0 Å². The van der Waals surface area contributed by atoms with Crippen LogP contribution in [-0.2, 0) is 12.6 Å². The molecule has 0 aliphatic heterocycles. The predicted octanol–water partition coefficient (Wildman–Crippen LogP) is 5.49. The van der Waals surface area contributed by atoms with E-state index in [1.165, 1.54) is 6.07 Å². The maximum atomic E-state index is 13.4. The maximum Gasteiger partial charge on any atom is 0.416 e. The SMILES string of the molecule is CC(C)c1ccc(Cc2ccccc2N(C)C)c(C(F)(F)F)c1. The molecule has 0 saturated carbocycles. The predicted molar refractivity (Wildman–Crippen MR) is 89.1 cm³/mol. The van der Waals surface area contributed by atoms with Gasteiger partial charge in [0.2, 0.25) is 0 Å². The standard InChI is InChI=1S/C19H22F3N/c1-13(2)14-9-10-15(17(12-14)19(20,21)22)11-16-7-5-6-8-18(16)23(3)4/h5-10,12-13H,11H2,1-4H3. The highest BCUT2D eigenvalue weighted by atomic mass is 19.4. The second-order valence-corrected chi connectivity index (χ2v) is 6.27. The molecular weight excluding hydrogens is 299 g/mol. The van der Waals surface area contributed by atoms with Gasteiger partial charge in [0.1, 0.15) is 0 Å². The van der Waals surface area contributed by atoms with Crippen molar-refractivity contribution in [1.82, 2.24) is 0 Å². The van der Waals surface area contributed by atoms with Crippen molar-refractivity contribution in [1.29, 1.82) is 0 Å². The first-order valence-corrected chi connectivity index (χ1v) is 7.65. The van der Waals surface area contributed by atoms with Gasteiger partial charge in [0.15, 0.2) is 0 Å².